The van der Waals surface area contributed by atoms with Gasteiger partial charge in [0.15, 0.2) is 0 Å². The summed E-state index contributed by atoms with van der Waals surface area (Å²) in [6, 6.07) is 16.0. The first-order chi connectivity index (χ1) is 12.9. The average molecular weight is 364 g/mol. The van der Waals surface area contributed by atoms with E-state index in [-0.39, 0.29) is 24.2 Å². The fourth-order valence-corrected chi connectivity index (χ4v) is 3.64. The SMILES string of the molecule is CCN(C(=O)C1CC(=O)N(c2ccc(C(C)C)cc2)C1)c1cccc(C)c1. The molecule has 1 aliphatic rings. The number of carbonyl (C=O) groups is 2. The van der Waals surface area contributed by atoms with Crippen LogP contribution in [0.4, 0.5) is 11.4 Å². The Morgan fingerprint density at radius 3 is 2.48 bits per heavy atom. The van der Waals surface area contributed by atoms with Crippen LogP contribution in [-0.4, -0.2) is 24.9 Å². The predicted molar refractivity (Wildman–Crippen MR) is 110 cm³/mol. The summed E-state index contributed by atoms with van der Waals surface area (Å²) < 4.78 is 0. The van der Waals surface area contributed by atoms with E-state index in [2.05, 4.69) is 26.0 Å². The molecule has 4 nitrogen and oxygen atoms in total. The summed E-state index contributed by atoms with van der Waals surface area (Å²) in [7, 11) is 0. The number of aryl methyl sites for hydroxylation is 1. The maximum atomic E-state index is 13.1. The summed E-state index contributed by atoms with van der Waals surface area (Å²) in [6.07, 6.45) is 0.271. The summed E-state index contributed by atoms with van der Waals surface area (Å²) in [6.45, 7) is 9.32. The quantitative estimate of drug-likeness (QED) is 0.782. The lowest BCUT2D eigenvalue weighted by Crippen LogP contribution is -2.37. The molecule has 2 aromatic carbocycles. The van der Waals surface area contributed by atoms with Gasteiger partial charge in [-0.05, 0) is 55.2 Å². The van der Waals surface area contributed by atoms with E-state index >= 15 is 0 Å². The molecule has 1 atom stereocenters. The molecule has 0 aliphatic carbocycles. The Balaban J connectivity index is 1.76. The molecule has 1 saturated heterocycles. The van der Waals surface area contributed by atoms with Crippen LogP contribution in [0.2, 0.25) is 0 Å². The normalized spacial score (nSPS) is 16.9. The van der Waals surface area contributed by atoms with E-state index in [9.17, 15) is 9.59 Å². The van der Waals surface area contributed by atoms with Gasteiger partial charge in [0, 0.05) is 30.9 Å². The van der Waals surface area contributed by atoms with Crippen LogP contribution in [0, 0.1) is 12.8 Å². The van der Waals surface area contributed by atoms with E-state index < -0.39 is 0 Å². The molecule has 1 aliphatic heterocycles. The summed E-state index contributed by atoms with van der Waals surface area (Å²) in [5, 5.41) is 0. The van der Waals surface area contributed by atoms with Gasteiger partial charge < -0.3 is 9.80 Å². The second kappa shape index (κ2) is 7.95. The third kappa shape index (κ3) is 4.05. The van der Waals surface area contributed by atoms with Gasteiger partial charge in [-0.3, -0.25) is 9.59 Å². The Kier molecular flexibility index (Phi) is 5.64. The Morgan fingerprint density at radius 2 is 1.89 bits per heavy atom. The standard InChI is InChI=1S/C23H28N2O2/c1-5-24(21-8-6-7-17(4)13-21)23(27)19-14-22(26)25(15-19)20-11-9-18(10-12-20)16(2)3/h6-13,16,19H,5,14-15H2,1-4H3. The molecule has 0 N–H and O–H groups in total. The molecule has 0 saturated carbocycles. The van der Waals surface area contributed by atoms with E-state index in [1.54, 1.807) is 9.80 Å². The lowest BCUT2D eigenvalue weighted by Gasteiger charge is -2.25. The molecule has 2 amide bonds. The molecule has 0 radical (unpaired) electrons. The first-order valence-corrected chi connectivity index (χ1v) is 9.69. The Hall–Kier alpha value is -2.62. The molecular weight excluding hydrogens is 336 g/mol. The van der Waals surface area contributed by atoms with Gasteiger partial charge in [0.25, 0.3) is 0 Å². The van der Waals surface area contributed by atoms with Crippen molar-refractivity contribution in [3.63, 3.8) is 0 Å². The van der Waals surface area contributed by atoms with Crippen LogP contribution in [-0.2, 0) is 9.59 Å². The summed E-state index contributed by atoms with van der Waals surface area (Å²) in [5.41, 5.74) is 4.13. The average Bonchev–Trinajstić information content (AvgIpc) is 3.04. The maximum absolute atomic E-state index is 13.1. The zero-order valence-electron chi connectivity index (χ0n) is 16.6. The highest BCUT2D eigenvalue weighted by molar-refractivity contribution is 6.04. The Bertz CT molecular complexity index is 827. The minimum absolute atomic E-state index is 0.0194. The molecule has 0 spiro atoms. The number of hydrogen-bond acceptors (Lipinski definition) is 2. The molecule has 142 valence electrons. The van der Waals surface area contributed by atoms with Crippen molar-refractivity contribution < 1.29 is 9.59 Å². The van der Waals surface area contributed by atoms with E-state index in [4.69, 9.17) is 0 Å². The van der Waals surface area contributed by atoms with E-state index in [1.165, 1.54) is 5.56 Å². The van der Waals surface area contributed by atoms with Crippen molar-refractivity contribution in [2.75, 3.05) is 22.9 Å². The minimum atomic E-state index is -0.303. The predicted octanol–water partition coefficient (Wildman–Crippen LogP) is 4.52. The van der Waals surface area contributed by atoms with Gasteiger partial charge in [-0.15, -0.1) is 0 Å². The van der Waals surface area contributed by atoms with Gasteiger partial charge in [-0.1, -0.05) is 38.1 Å². The third-order valence-electron chi connectivity index (χ3n) is 5.24. The van der Waals surface area contributed by atoms with Gasteiger partial charge in [-0.2, -0.15) is 0 Å². The van der Waals surface area contributed by atoms with Crippen LogP contribution < -0.4 is 9.80 Å². The van der Waals surface area contributed by atoms with Crippen LogP contribution in [0.1, 0.15) is 44.2 Å². The zero-order chi connectivity index (χ0) is 19.6. The lowest BCUT2D eigenvalue weighted by molar-refractivity contribution is -0.124. The molecule has 3 rings (SSSR count). The lowest BCUT2D eigenvalue weighted by atomic mass is 10.0. The largest absolute Gasteiger partial charge is 0.312 e. The summed E-state index contributed by atoms with van der Waals surface area (Å²) in [5.74, 6) is 0.196. The number of rotatable bonds is 5. The number of anilines is 2. The third-order valence-corrected chi connectivity index (χ3v) is 5.24. The van der Waals surface area contributed by atoms with Crippen LogP contribution in [0.5, 0.6) is 0 Å². The topological polar surface area (TPSA) is 40.6 Å². The number of carbonyl (C=O) groups excluding carboxylic acids is 2. The van der Waals surface area contributed by atoms with Crippen molar-refractivity contribution >= 4 is 23.2 Å². The first-order valence-electron chi connectivity index (χ1n) is 9.69. The molecule has 27 heavy (non-hydrogen) atoms. The molecule has 1 heterocycles. The maximum Gasteiger partial charge on any atom is 0.232 e. The molecule has 2 aromatic rings. The van der Waals surface area contributed by atoms with Crippen LogP contribution in [0.3, 0.4) is 0 Å². The van der Waals surface area contributed by atoms with Gasteiger partial charge in [0.1, 0.15) is 0 Å². The minimum Gasteiger partial charge on any atom is -0.312 e. The van der Waals surface area contributed by atoms with Crippen molar-refractivity contribution in [3.05, 3.63) is 59.7 Å². The van der Waals surface area contributed by atoms with Gasteiger partial charge >= 0.3 is 0 Å². The van der Waals surface area contributed by atoms with Gasteiger partial charge in [-0.25, -0.2) is 0 Å². The van der Waals surface area contributed by atoms with Crippen molar-refractivity contribution in [3.8, 4) is 0 Å². The van der Waals surface area contributed by atoms with Crippen molar-refractivity contribution in [1.29, 1.82) is 0 Å². The fraction of sp³-hybridized carbons (Fsp3) is 0.391. The fourth-order valence-electron chi connectivity index (χ4n) is 3.64. The van der Waals surface area contributed by atoms with Crippen LogP contribution in [0.25, 0.3) is 0 Å². The van der Waals surface area contributed by atoms with Crippen LogP contribution >= 0.6 is 0 Å². The van der Waals surface area contributed by atoms with Gasteiger partial charge in [0.05, 0.1) is 5.92 Å². The van der Waals surface area contributed by atoms with Crippen molar-refractivity contribution in [2.45, 2.75) is 40.0 Å². The van der Waals surface area contributed by atoms with Crippen molar-refractivity contribution in [1.82, 2.24) is 0 Å². The molecular formula is C23H28N2O2. The number of nitrogens with zero attached hydrogens (tertiary/aromatic N) is 2. The molecule has 0 bridgehead atoms. The van der Waals surface area contributed by atoms with E-state index in [0.29, 0.717) is 19.0 Å². The van der Waals surface area contributed by atoms with Gasteiger partial charge in [0.2, 0.25) is 11.8 Å². The van der Waals surface area contributed by atoms with Crippen LogP contribution in [0.15, 0.2) is 48.5 Å². The number of amides is 2. The highest BCUT2D eigenvalue weighted by Gasteiger charge is 2.37. The number of hydrogen-bond donors (Lipinski definition) is 0. The Morgan fingerprint density at radius 1 is 1.19 bits per heavy atom. The Labute approximate surface area is 161 Å². The highest BCUT2D eigenvalue weighted by atomic mass is 16.2. The second-order valence-electron chi connectivity index (χ2n) is 7.57. The molecule has 0 aromatic heterocycles. The second-order valence-corrected chi connectivity index (χ2v) is 7.57. The first kappa shape index (κ1) is 19.2. The smallest absolute Gasteiger partial charge is 0.232 e. The van der Waals surface area contributed by atoms with Crippen molar-refractivity contribution in [2.24, 2.45) is 5.92 Å². The summed E-state index contributed by atoms with van der Waals surface area (Å²) >= 11 is 0. The zero-order valence-corrected chi connectivity index (χ0v) is 16.6. The highest BCUT2D eigenvalue weighted by Crippen LogP contribution is 2.29. The summed E-state index contributed by atoms with van der Waals surface area (Å²) in [4.78, 5) is 29.2. The van der Waals surface area contributed by atoms with E-state index in [1.807, 2.05) is 50.2 Å². The van der Waals surface area contributed by atoms with E-state index in [0.717, 1.165) is 16.9 Å². The number of benzene rings is 2. The molecule has 4 heteroatoms. The monoisotopic (exact) mass is 364 g/mol. The molecule has 1 unspecified atom stereocenters. The molecule has 1 fully saturated rings.